The summed E-state index contributed by atoms with van der Waals surface area (Å²) in [7, 11) is 0. The molecule has 150 valence electrons. The molecule has 0 fully saturated rings. The number of nitrogens with zero attached hydrogens (tertiary/aromatic N) is 1. The average Bonchev–Trinajstić information content (AvgIpc) is 3.11. The second-order valence-electron chi connectivity index (χ2n) is 6.08. The van der Waals surface area contributed by atoms with E-state index in [9.17, 15) is 14.4 Å². The molecule has 0 aliphatic heterocycles. The van der Waals surface area contributed by atoms with Crippen molar-refractivity contribution in [3.05, 3.63) is 46.5 Å². The number of carbonyl (C=O) groups excluding carboxylic acids is 3. The van der Waals surface area contributed by atoms with Crippen molar-refractivity contribution in [2.75, 3.05) is 18.9 Å². The number of carbonyl (C=O) groups is 3. The van der Waals surface area contributed by atoms with Crippen LogP contribution in [-0.4, -0.2) is 41.5 Å². The van der Waals surface area contributed by atoms with Gasteiger partial charge in [-0.25, -0.2) is 4.98 Å². The number of benzene rings is 1. The number of esters is 1. The van der Waals surface area contributed by atoms with Crippen LogP contribution in [0.5, 0.6) is 0 Å². The molecule has 0 radical (unpaired) electrons. The van der Waals surface area contributed by atoms with Crippen molar-refractivity contribution in [1.82, 2.24) is 10.3 Å². The fourth-order valence-electron chi connectivity index (χ4n) is 2.42. The summed E-state index contributed by atoms with van der Waals surface area (Å²) in [5.74, 6) is 0.0232. The van der Waals surface area contributed by atoms with E-state index in [4.69, 9.17) is 4.74 Å². The van der Waals surface area contributed by atoms with E-state index in [1.165, 1.54) is 30.0 Å². The van der Waals surface area contributed by atoms with Gasteiger partial charge in [0, 0.05) is 24.4 Å². The Morgan fingerprint density at radius 3 is 2.64 bits per heavy atom. The Balaban J connectivity index is 1.77. The highest BCUT2D eigenvalue weighted by Crippen LogP contribution is 2.24. The molecule has 0 bridgehead atoms. The standard InChI is InChI=1S/C20H24N2O4S2/c1-3-26-19(25)11-17-12-27-20(22-17)28-13-18(24)16-8-6-15(7-9-16)5-4-10-21-14(2)23/h6-9,12H,3-5,10-11,13H2,1-2H3,(H,21,23). The predicted molar refractivity (Wildman–Crippen MR) is 111 cm³/mol. The summed E-state index contributed by atoms with van der Waals surface area (Å²) < 4.78 is 5.67. The first-order chi connectivity index (χ1) is 13.5. The van der Waals surface area contributed by atoms with E-state index >= 15 is 0 Å². The van der Waals surface area contributed by atoms with E-state index in [0.717, 1.165) is 22.7 Å². The summed E-state index contributed by atoms with van der Waals surface area (Å²) in [4.78, 5) is 39.0. The maximum atomic E-state index is 12.4. The number of ketones is 1. The number of aromatic nitrogens is 1. The fraction of sp³-hybridized carbons (Fsp3) is 0.400. The van der Waals surface area contributed by atoms with Gasteiger partial charge in [-0.05, 0) is 25.3 Å². The molecule has 1 N–H and O–H groups in total. The fourth-order valence-corrected chi connectivity index (χ4v) is 4.16. The molecule has 1 amide bonds. The van der Waals surface area contributed by atoms with Crippen LogP contribution in [-0.2, 0) is 27.2 Å². The van der Waals surface area contributed by atoms with E-state index in [0.29, 0.717) is 30.2 Å². The smallest absolute Gasteiger partial charge is 0.311 e. The maximum Gasteiger partial charge on any atom is 0.311 e. The first kappa shape index (κ1) is 22.1. The predicted octanol–water partition coefficient (Wildman–Crippen LogP) is 3.29. The quantitative estimate of drug-likeness (QED) is 0.260. The van der Waals surface area contributed by atoms with Crippen LogP contribution in [0.1, 0.15) is 41.9 Å². The van der Waals surface area contributed by atoms with Gasteiger partial charge in [-0.3, -0.25) is 14.4 Å². The summed E-state index contributed by atoms with van der Waals surface area (Å²) >= 11 is 2.80. The van der Waals surface area contributed by atoms with Crippen molar-refractivity contribution in [3.63, 3.8) is 0 Å². The zero-order chi connectivity index (χ0) is 20.4. The lowest BCUT2D eigenvalue weighted by Crippen LogP contribution is -2.21. The Morgan fingerprint density at radius 2 is 1.96 bits per heavy atom. The number of hydrogen-bond acceptors (Lipinski definition) is 7. The molecule has 1 heterocycles. The Morgan fingerprint density at radius 1 is 1.21 bits per heavy atom. The molecule has 2 rings (SSSR count). The van der Waals surface area contributed by atoms with E-state index in [-0.39, 0.29) is 24.1 Å². The minimum Gasteiger partial charge on any atom is -0.466 e. The van der Waals surface area contributed by atoms with Crippen molar-refractivity contribution in [2.45, 2.75) is 37.4 Å². The highest BCUT2D eigenvalue weighted by atomic mass is 32.2. The van der Waals surface area contributed by atoms with Crippen LogP contribution in [0.15, 0.2) is 34.0 Å². The third kappa shape index (κ3) is 7.82. The third-order valence-electron chi connectivity index (χ3n) is 3.78. The lowest BCUT2D eigenvalue weighted by molar-refractivity contribution is -0.142. The SMILES string of the molecule is CCOC(=O)Cc1csc(SCC(=O)c2ccc(CCCNC(C)=O)cc2)n1. The molecular formula is C20H24N2O4S2. The van der Waals surface area contributed by atoms with Gasteiger partial charge >= 0.3 is 5.97 Å². The molecule has 0 saturated carbocycles. The number of ether oxygens (including phenoxy) is 1. The van der Waals surface area contributed by atoms with Crippen LogP contribution in [0.25, 0.3) is 0 Å². The number of aryl methyl sites for hydroxylation is 1. The largest absolute Gasteiger partial charge is 0.466 e. The number of thioether (sulfide) groups is 1. The minimum atomic E-state index is -0.294. The highest BCUT2D eigenvalue weighted by molar-refractivity contribution is 8.01. The van der Waals surface area contributed by atoms with Gasteiger partial charge in [0.05, 0.1) is 24.5 Å². The van der Waals surface area contributed by atoms with Crippen molar-refractivity contribution >= 4 is 40.8 Å². The number of amides is 1. The first-order valence-corrected chi connectivity index (χ1v) is 10.9. The van der Waals surface area contributed by atoms with E-state index in [1.54, 1.807) is 6.92 Å². The summed E-state index contributed by atoms with van der Waals surface area (Å²) in [6.07, 6.45) is 1.87. The molecule has 1 aromatic heterocycles. The van der Waals surface area contributed by atoms with Crippen LogP contribution >= 0.6 is 23.1 Å². The summed E-state index contributed by atoms with van der Waals surface area (Å²) in [6.45, 7) is 4.28. The zero-order valence-corrected chi connectivity index (χ0v) is 17.7. The molecule has 0 saturated heterocycles. The van der Waals surface area contributed by atoms with E-state index in [2.05, 4.69) is 10.3 Å². The Hall–Kier alpha value is -2.19. The van der Waals surface area contributed by atoms with Crippen LogP contribution in [0, 0.1) is 0 Å². The molecule has 0 aliphatic carbocycles. The number of hydrogen-bond donors (Lipinski definition) is 1. The molecule has 6 nitrogen and oxygen atoms in total. The third-order valence-corrected chi connectivity index (χ3v) is 5.85. The molecular weight excluding hydrogens is 396 g/mol. The Bertz CT molecular complexity index is 803. The van der Waals surface area contributed by atoms with Gasteiger partial charge in [-0.15, -0.1) is 11.3 Å². The normalized spacial score (nSPS) is 10.5. The van der Waals surface area contributed by atoms with Crippen LogP contribution in [0.2, 0.25) is 0 Å². The monoisotopic (exact) mass is 420 g/mol. The van der Waals surface area contributed by atoms with Gasteiger partial charge in [-0.1, -0.05) is 36.0 Å². The number of thiazole rings is 1. The zero-order valence-electron chi connectivity index (χ0n) is 16.0. The van der Waals surface area contributed by atoms with Crippen molar-refractivity contribution in [3.8, 4) is 0 Å². The van der Waals surface area contributed by atoms with Crippen LogP contribution in [0.4, 0.5) is 0 Å². The van der Waals surface area contributed by atoms with E-state index in [1.807, 2.05) is 29.6 Å². The van der Waals surface area contributed by atoms with Crippen molar-refractivity contribution in [2.24, 2.45) is 0 Å². The van der Waals surface area contributed by atoms with Crippen molar-refractivity contribution < 1.29 is 19.1 Å². The van der Waals surface area contributed by atoms with E-state index < -0.39 is 0 Å². The molecule has 28 heavy (non-hydrogen) atoms. The Labute approximate surface area is 173 Å². The minimum absolute atomic E-state index is 0.0216. The molecule has 1 aromatic carbocycles. The number of rotatable bonds is 11. The average molecular weight is 421 g/mol. The molecule has 0 unspecified atom stereocenters. The Kier molecular flexibility index (Phi) is 9.16. The van der Waals surface area contributed by atoms with Crippen LogP contribution in [0.3, 0.4) is 0 Å². The molecule has 8 heteroatoms. The second kappa shape index (κ2) is 11.6. The lowest BCUT2D eigenvalue weighted by atomic mass is 10.1. The van der Waals surface area contributed by atoms with Gasteiger partial charge in [-0.2, -0.15) is 0 Å². The summed E-state index contributed by atoms with van der Waals surface area (Å²) in [6, 6.07) is 7.58. The number of Topliss-reactive ketones (excluding diaryl/α,β-unsaturated/α-hetero) is 1. The summed E-state index contributed by atoms with van der Waals surface area (Å²) in [5.41, 5.74) is 2.47. The van der Waals surface area contributed by atoms with Crippen LogP contribution < -0.4 is 5.32 Å². The molecule has 0 atom stereocenters. The molecule has 2 aromatic rings. The summed E-state index contributed by atoms with van der Waals surface area (Å²) in [5, 5.41) is 4.59. The number of nitrogens with one attached hydrogen (secondary N) is 1. The maximum absolute atomic E-state index is 12.4. The van der Waals surface area contributed by atoms with Gasteiger partial charge < -0.3 is 10.1 Å². The lowest BCUT2D eigenvalue weighted by Gasteiger charge is -2.04. The first-order valence-electron chi connectivity index (χ1n) is 9.07. The van der Waals surface area contributed by atoms with Gasteiger partial charge in [0.15, 0.2) is 10.1 Å². The molecule has 0 aliphatic rings. The molecule has 0 spiro atoms. The van der Waals surface area contributed by atoms with Gasteiger partial charge in [0.2, 0.25) is 5.91 Å². The van der Waals surface area contributed by atoms with Gasteiger partial charge in [0.25, 0.3) is 0 Å². The topological polar surface area (TPSA) is 85.4 Å². The highest BCUT2D eigenvalue weighted by Gasteiger charge is 2.11. The second-order valence-corrected chi connectivity index (χ2v) is 8.16. The van der Waals surface area contributed by atoms with Gasteiger partial charge in [0.1, 0.15) is 0 Å². The van der Waals surface area contributed by atoms with Crippen molar-refractivity contribution in [1.29, 1.82) is 0 Å².